The predicted octanol–water partition coefficient (Wildman–Crippen LogP) is 10.4. The molecular weight excluding hydrogens is 536 g/mol. The zero-order chi connectivity index (χ0) is 29.5. The van der Waals surface area contributed by atoms with Gasteiger partial charge in [0.15, 0.2) is 0 Å². The van der Waals surface area contributed by atoms with E-state index in [1.807, 2.05) is 0 Å². The minimum absolute atomic E-state index is 0.00775. The zero-order valence-corrected chi connectivity index (χ0v) is 27.0. The molecule has 4 aliphatic rings. The molecule has 0 saturated heterocycles. The molecular formula is C39H51ClO2. The van der Waals surface area contributed by atoms with Gasteiger partial charge in [0.2, 0.25) is 0 Å². The van der Waals surface area contributed by atoms with Gasteiger partial charge in [-0.2, -0.15) is 0 Å². The SMILES string of the molecule is CC(=O)O[C@@H]1CC[C@]2(C)[C@H]3CC[C@]4(C)[C@@H]([C@H](C)C/C=C/C(c5ccccc5)c5ccccc5)CC[C@H]4[C@@H]3CC[C@@]2(Cl)C1. The van der Waals surface area contributed by atoms with E-state index in [1.165, 1.54) is 50.2 Å². The van der Waals surface area contributed by atoms with Crippen molar-refractivity contribution in [2.24, 2.45) is 40.4 Å². The largest absolute Gasteiger partial charge is 0.462 e. The molecule has 2 aromatic carbocycles. The van der Waals surface area contributed by atoms with Crippen LogP contribution in [0, 0.1) is 40.4 Å². The lowest BCUT2D eigenvalue weighted by molar-refractivity contribution is -0.157. The number of fused-ring (bicyclic) bond motifs is 5. The number of allylic oxidation sites excluding steroid dienone is 2. The summed E-state index contributed by atoms with van der Waals surface area (Å²) >= 11 is 7.55. The predicted molar refractivity (Wildman–Crippen MR) is 174 cm³/mol. The van der Waals surface area contributed by atoms with E-state index in [4.69, 9.17) is 16.3 Å². The molecule has 0 aliphatic heterocycles. The second-order valence-corrected chi connectivity index (χ2v) is 15.7. The van der Waals surface area contributed by atoms with Gasteiger partial charge in [0.1, 0.15) is 6.10 Å². The molecule has 3 heteroatoms. The van der Waals surface area contributed by atoms with Crippen molar-refractivity contribution >= 4 is 17.6 Å². The highest BCUT2D eigenvalue weighted by Gasteiger charge is 2.64. The van der Waals surface area contributed by atoms with Crippen LogP contribution in [0.5, 0.6) is 0 Å². The molecule has 6 rings (SSSR count). The van der Waals surface area contributed by atoms with Crippen molar-refractivity contribution in [1.82, 2.24) is 0 Å². The lowest BCUT2D eigenvalue weighted by Crippen LogP contribution is -2.60. The van der Waals surface area contributed by atoms with Crippen LogP contribution in [0.2, 0.25) is 0 Å². The molecule has 4 aliphatic carbocycles. The molecule has 0 unspecified atom stereocenters. The lowest BCUT2D eigenvalue weighted by atomic mass is 9.44. The lowest BCUT2D eigenvalue weighted by Gasteiger charge is -2.64. The Bertz CT molecular complexity index is 1220. The van der Waals surface area contributed by atoms with Crippen molar-refractivity contribution < 1.29 is 9.53 Å². The topological polar surface area (TPSA) is 26.3 Å². The van der Waals surface area contributed by atoms with Gasteiger partial charge in [-0.25, -0.2) is 0 Å². The Balaban J connectivity index is 1.15. The van der Waals surface area contributed by atoms with Gasteiger partial charge in [0, 0.05) is 19.3 Å². The molecule has 2 aromatic rings. The maximum Gasteiger partial charge on any atom is 0.302 e. The van der Waals surface area contributed by atoms with Crippen molar-refractivity contribution in [3.8, 4) is 0 Å². The summed E-state index contributed by atoms with van der Waals surface area (Å²) < 4.78 is 5.68. The van der Waals surface area contributed by atoms with Gasteiger partial charge >= 0.3 is 5.97 Å². The van der Waals surface area contributed by atoms with Crippen LogP contribution in [0.3, 0.4) is 0 Å². The van der Waals surface area contributed by atoms with Gasteiger partial charge in [-0.05, 0) is 109 Å². The molecule has 0 N–H and O–H groups in total. The standard InChI is InChI=1S/C39H51ClO2/c1-27(12-11-17-32(29-13-7-5-8-14-29)30-15-9-6-10-16-30)34-18-19-35-33-21-25-39(40)26-31(42-28(2)41)20-24-38(39,4)36(33)22-23-37(34,35)3/h5-11,13-17,27,31-36H,12,18-26H2,1-4H3/b17-11+/t27-,31-,33+,34-,35+,36+,37-,38-,39-/m1/s1. The number of esters is 1. The first-order chi connectivity index (χ1) is 20.1. The second-order valence-electron chi connectivity index (χ2n) is 14.9. The van der Waals surface area contributed by atoms with E-state index in [0.717, 1.165) is 49.9 Å². The van der Waals surface area contributed by atoms with Crippen LogP contribution in [-0.4, -0.2) is 16.9 Å². The molecule has 0 aromatic heterocycles. The molecule has 4 saturated carbocycles. The van der Waals surface area contributed by atoms with Crippen molar-refractivity contribution in [3.05, 3.63) is 83.9 Å². The monoisotopic (exact) mass is 586 g/mol. The molecule has 0 spiro atoms. The molecule has 226 valence electrons. The molecule has 42 heavy (non-hydrogen) atoms. The Morgan fingerprint density at radius 1 is 0.905 bits per heavy atom. The van der Waals surface area contributed by atoms with E-state index in [2.05, 4.69) is 93.6 Å². The maximum absolute atomic E-state index is 11.7. The summed E-state index contributed by atoms with van der Waals surface area (Å²) in [6.07, 6.45) is 16.7. The third-order valence-electron chi connectivity index (χ3n) is 12.9. The first-order valence-electron chi connectivity index (χ1n) is 16.8. The van der Waals surface area contributed by atoms with E-state index < -0.39 is 0 Å². The highest BCUT2D eigenvalue weighted by Crippen LogP contribution is 2.70. The summed E-state index contributed by atoms with van der Waals surface area (Å²) in [5.74, 6) is 3.92. The van der Waals surface area contributed by atoms with Gasteiger partial charge in [-0.3, -0.25) is 4.79 Å². The van der Waals surface area contributed by atoms with E-state index >= 15 is 0 Å². The molecule has 0 heterocycles. The minimum atomic E-state index is -0.232. The Morgan fingerprint density at radius 2 is 1.57 bits per heavy atom. The number of alkyl halides is 1. The highest BCUT2D eigenvalue weighted by molar-refractivity contribution is 6.24. The summed E-state index contributed by atoms with van der Waals surface area (Å²) in [7, 11) is 0. The molecule has 9 atom stereocenters. The normalized spacial score (nSPS) is 38.5. The number of hydrogen-bond donors (Lipinski definition) is 0. The van der Waals surface area contributed by atoms with Gasteiger partial charge < -0.3 is 4.74 Å². The maximum atomic E-state index is 11.7. The van der Waals surface area contributed by atoms with E-state index in [0.29, 0.717) is 23.2 Å². The van der Waals surface area contributed by atoms with Gasteiger partial charge in [0.25, 0.3) is 0 Å². The summed E-state index contributed by atoms with van der Waals surface area (Å²) in [6.45, 7) is 9.22. The number of halogens is 1. The zero-order valence-electron chi connectivity index (χ0n) is 26.2. The van der Waals surface area contributed by atoms with Gasteiger partial charge in [-0.15, -0.1) is 11.6 Å². The van der Waals surface area contributed by atoms with E-state index in [1.54, 1.807) is 0 Å². The van der Waals surface area contributed by atoms with E-state index in [-0.39, 0.29) is 22.4 Å². The van der Waals surface area contributed by atoms with Crippen LogP contribution >= 0.6 is 11.6 Å². The van der Waals surface area contributed by atoms with Crippen molar-refractivity contribution in [3.63, 3.8) is 0 Å². The third kappa shape index (κ3) is 5.29. The van der Waals surface area contributed by atoms with Crippen molar-refractivity contribution in [2.45, 2.75) is 109 Å². The number of carbonyl (C=O) groups excluding carboxylic acids is 1. The molecule has 4 fully saturated rings. The van der Waals surface area contributed by atoms with Crippen LogP contribution in [0.4, 0.5) is 0 Å². The summed E-state index contributed by atoms with van der Waals surface area (Å²) in [6, 6.07) is 21.9. The van der Waals surface area contributed by atoms with Gasteiger partial charge in [0.05, 0.1) is 4.87 Å². The Kier molecular flexibility index (Phi) is 8.42. The first-order valence-corrected chi connectivity index (χ1v) is 17.1. The van der Waals surface area contributed by atoms with Crippen molar-refractivity contribution in [1.29, 1.82) is 0 Å². The second kappa shape index (κ2) is 11.8. The number of benzene rings is 2. The average molecular weight is 587 g/mol. The highest BCUT2D eigenvalue weighted by atomic mass is 35.5. The Hall–Kier alpha value is -2.06. The molecule has 2 nitrogen and oxygen atoms in total. The van der Waals surface area contributed by atoms with Crippen LogP contribution < -0.4 is 0 Å². The fourth-order valence-corrected chi connectivity index (χ4v) is 11.3. The van der Waals surface area contributed by atoms with Crippen LogP contribution in [0.1, 0.15) is 109 Å². The minimum Gasteiger partial charge on any atom is -0.462 e. The van der Waals surface area contributed by atoms with E-state index in [9.17, 15) is 4.79 Å². The summed E-state index contributed by atoms with van der Waals surface area (Å²) in [5.41, 5.74) is 3.31. The van der Waals surface area contributed by atoms with Gasteiger partial charge in [-0.1, -0.05) is 93.6 Å². The fraction of sp³-hybridized carbons (Fsp3) is 0.615. The average Bonchev–Trinajstić information content (AvgIpc) is 3.34. The third-order valence-corrected chi connectivity index (χ3v) is 13.7. The smallest absolute Gasteiger partial charge is 0.302 e. The summed E-state index contributed by atoms with van der Waals surface area (Å²) in [4.78, 5) is 11.5. The van der Waals surface area contributed by atoms with Crippen LogP contribution in [0.15, 0.2) is 72.8 Å². The number of ether oxygens (including phenoxy) is 1. The van der Waals surface area contributed by atoms with Crippen molar-refractivity contribution in [2.75, 3.05) is 0 Å². The Labute approximate surface area is 259 Å². The number of carbonyl (C=O) groups is 1. The quantitative estimate of drug-likeness (QED) is 0.183. The number of rotatable bonds is 7. The fourth-order valence-electron chi connectivity index (χ4n) is 10.8. The molecule has 0 radical (unpaired) electrons. The number of hydrogen-bond acceptors (Lipinski definition) is 2. The Morgan fingerprint density at radius 3 is 2.21 bits per heavy atom. The van der Waals surface area contributed by atoms with Crippen LogP contribution in [0.25, 0.3) is 0 Å². The van der Waals surface area contributed by atoms with Crippen LogP contribution in [-0.2, 0) is 9.53 Å². The summed E-state index contributed by atoms with van der Waals surface area (Å²) in [5, 5.41) is 0. The molecule has 0 amide bonds. The first kappa shape index (κ1) is 30.0. The molecule has 0 bridgehead atoms.